The van der Waals surface area contributed by atoms with E-state index in [1.807, 2.05) is 13.8 Å². The van der Waals surface area contributed by atoms with Crippen molar-refractivity contribution < 1.29 is 14.3 Å². The number of rotatable bonds is 8. The zero-order valence-corrected chi connectivity index (χ0v) is 15.5. The Bertz CT molecular complexity index is 739. The average Bonchev–Trinajstić information content (AvgIpc) is 2.62. The molecule has 2 rings (SSSR count). The average molecular weight is 354 g/mol. The maximum Gasteiger partial charge on any atom is 0.255 e. The lowest BCUT2D eigenvalue weighted by molar-refractivity contribution is 0.0951. The zero-order valence-electron chi connectivity index (χ0n) is 15.5. The summed E-state index contributed by atoms with van der Waals surface area (Å²) in [5, 5.41) is 5.69. The van der Waals surface area contributed by atoms with Crippen molar-refractivity contribution in [2.24, 2.45) is 0 Å². The molecular formula is C21H26N2O3. The molecule has 26 heavy (non-hydrogen) atoms. The molecule has 2 aromatic carbocycles. The molecule has 2 aromatic rings. The van der Waals surface area contributed by atoms with Crippen molar-refractivity contribution in [3.8, 4) is 5.75 Å². The highest BCUT2D eigenvalue weighted by molar-refractivity contribution is 6.05. The second-order valence-electron chi connectivity index (χ2n) is 6.34. The molecule has 0 aliphatic rings. The molecule has 5 nitrogen and oxygen atoms in total. The number of benzene rings is 2. The van der Waals surface area contributed by atoms with Gasteiger partial charge in [-0.25, -0.2) is 0 Å². The topological polar surface area (TPSA) is 67.4 Å². The van der Waals surface area contributed by atoms with Crippen molar-refractivity contribution in [1.82, 2.24) is 5.32 Å². The van der Waals surface area contributed by atoms with Crippen molar-refractivity contribution in [3.63, 3.8) is 0 Å². The van der Waals surface area contributed by atoms with Gasteiger partial charge in [0.15, 0.2) is 0 Å². The summed E-state index contributed by atoms with van der Waals surface area (Å²) in [5.74, 6) is 0.358. The molecule has 0 unspecified atom stereocenters. The molecule has 138 valence electrons. The van der Waals surface area contributed by atoms with Crippen LogP contribution < -0.4 is 15.4 Å². The van der Waals surface area contributed by atoms with Crippen LogP contribution in [0.15, 0.2) is 48.5 Å². The maximum absolute atomic E-state index is 12.4. The van der Waals surface area contributed by atoms with Gasteiger partial charge in [-0.2, -0.15) is 0 Å². The number of hydrogen-bond acceptors (Lipinski definition) is 3. The summed E-state index contributed by atoms with van der Waals surface area (Å²) in [6.07, 6.45) is 2.05. The van der Waals surface area contributed by atoms with E-state index in [-0.39, 0.29) is 17.9 Å². The number of carbonyl (C=O) groups is 2. The van der Waals surface area contributed by atoms with Gasteiger partial charge in [0, 0.05) is 23.4 Å². The van der Waals surface area contributed by atoms with Gasteiger partial charge in [0.2, 0.25) is 0 Å². The first-order valence-electron chi connectivity index (χ1n) is 8.96. The van der Waals surface area contributed by atoms with E-state index in [0.717, 1.165) is 18.6 Å². The smallest absolute Gasteiger partial charge is 0.255 e. The van der Waals surface area contributed by atoms with E-state index >= 15 is 0 Å². The van der Waals surface area contributed by atoms with E-state index in [1.54, 1.807) is 48.5 Å². The maximum atomic E-state index is 12.4. The van der Waals surface area contributed by atoms with Crippen LogP contribution >= 0.6 is 0 Å². The van der Waals surface area contributed by atoms with Crippen molar-refractivity contribution in [1.29, 1.82) is 0 Å². The molecule has 0 spiro atoms. The predicted octanol–water partition coefficient (Wildman–Crippen LogP) is 4.26. The van der Waals surface area contributed by atoms with Crippen LogP contribution in [0.4, 0.5) is 5.69 Å². The normalized spacial score (nSPS) is 10.5. The first kappa shape index (κ1) is 19.5. The van der Waals surface area contributed by atoms with E-state index in [4.69, 9.17) is 4.74 Å². The standard InChI is InChI=1S/C21H26N2O3/c1-4-5-13-22-20(24)17-7-6-8-18(14-17)23-21(25)16-9-11-19(12-10-16)26-15(2)3/h6-12,14-15H,4-5,13H2,1-3H3,(H,22,24)(H,23,25). The Morgan fingerprint density at radius 1 is 1.00 bits per heavy atom. The van der Waals surface area contributed by atoms with Crippen LogP contribution in [0.2, 0.25) is 0 Å². The Morgan fingerprint density at radius 3 is 2.38 bits per heavy atom. The third-order valence-electron chi connectivity index (χ3n) is 3.69. The third-order valence-corrected chi connectivity index (χ3v) is 3.69. The van der Waals surface area contributed by atoms with E-state index in [1.165, 1.54) is 0 Å². The van der Waals surface area contributed by atoms with E-state index in [2.05, 4.69) is 17.6 Å². The molecular weight excluding hydrogens is 328 g/mol. The fourth-order valence-corrected chi connectivity index (χ4v) is 2.38. The second kappa shape index (κ2) is 9.61. The molecule has 0 aliphatic carbocycles. The lowest BCUT2D eigenvalue weighted by atomic mass is 10.1. The van der Waals surface area contributed by atoms with E-state index in [9.17, 15) is 9.59 Å². The van der Waals surface area contributed by atoms with Gasteiger partial charge in [0.1, 0.15) is 5.75 Å². The summed E-state index contributed by atoms with van der Waals surface area (Å²) in [6, 6.07) is 13.9. The molecule has 0 aliphatic heterocycles. The van der Waals surface area contributed by atoms with Crippen molar-refractivity contribution in [2.75, 3.05) is 11.9 Å². The number of amides is 2. The summed E-state index contributed by atoms with van der Waals surface area (Å²) in [6.45, 7) is 6.62. The van der Waals surface area contributed by atoms with Gasteiger partial charge >= 0.3 is 0 Å². The van der Waals surface area contributed by atoms with Crippen molar-refractivity contribution in [2.45, 2.75) is 39.7 Å². The summed E-state index contributed by atoms with van der Waals surface area (Å²) in [7, 11) is 0. The van der Waals surface area contributed by atoms with Gasteiger partial charge in [0.05, 0.1) is 6.10 Å². The molecule has 0 radical (unpaired) electrons. The molecule has 2 amide bonds. The Kier molecular flexibility index (Phi) is 7.21. The van der Waals surface area contributed by atoms with Crippen LogP contribution in [0.25, 0.3) is 0 Å². The minimum Gasteiger partial charge on any atom is -0.491 e. The van der Waals surface area contributed by atoms with Crippen LogP contribution in [-0.4, -0.2) is 24.5 Å². The van der Waals surface area contributed by atoms with E-state index in [0.29, 0.717) is 23.4 Å². The minimum absolute atomic E-state index is 0.0842. The number of unbranched alkanes of at least 4 members (excludes halogenated alkanes) is 1. The molecule has 0 saturated carbocycles. The molecule has 0 saturated heterocycles. The molecule has 0 aromatic heterocycles. The fourth-order valence-electron chi connectivity index (χ4n) is 2.38. The molecule has 0 atom stereocenters. The summed E-state index contributed by atoms with van der Waals surface area (Å²) in [5.41, 5.74) is 1.64. The first-order valence-corrected chi connectivity index (χ1v) is 8.96. The Hall–Kier alpha value is -2.82. The molecule has 0 fully saturated rings. The highest BCUT2D eigenvalue weighted by atomic mass is 16.5. The van der Waals surface area contributed by atoms with Gasteiger partial charge in [-0.3, -0.25) is 9.59 Å². The van der Waals surface area contributed by atoms with Crippen LogP contribution in [0.3, 0.4) is 0 Å². The van der Waals surface area contributed by atoms with Crippen LogP contribution in [0, 0.1) is 0 Å². The zero-order chi connectivity index (χ0) is 18.9. The molecule has 2 N–H and O–H groups in total. The number of carbonyl (C=O) groups excluding carboxylic acids is 2. The Morgan fingerprint density at radius 2 is 1.73 bits per heavy atom. The van der Waals surface area contributed by atoms with Gasteiger partial charge in [0.25, 0.3) is 11.8 Å². The van der Waals surface area contributed by atoms with E-state index < -0.39 is 0 Å². The fraction of sp³-hybridized carbons (Fsp3) is 0.333. The minimum atomic E-state index is -0.232. The molecule has 0 heterocycles. The lowest BCUT2D eigenvalue weighted by Gasteiger charge is -2.11. The van der Waals surface area contributed by atoms with Gasteiger partial charge < -0.3 is 15.4 Å². The Balaban J connectivity index is 2.00. The summed E-state index contributed by atoms with van der Waals surface area (Å²) >= 11 is 0. The second-order valence-corrected chi connectivity index (χ2v) is 6.34. The third kappa shape index (κ3) is 5.92. The van der Waals surface area contributed by atoms with Crippen molar-refractivity contribution >= 4 is 17.5 Å². The number of anilines is 1. The first-order chi connectivity index (χ1) is 12.5. The number of nitrogens with one attached hydrogen (secondary N) is 2. The highest BCUT2D eigenvalue weighted by Crippen LogP contribution is 2.16. The number of hydrogen-bond donors (Lipinski definition) is 2. The summed E-state index contributed by atoms with van der Waals surface area (Å²) in [4.78, 5) is 24.5. The lowest BCUT2D eigenvalue weighted by Crippen LogP contribution is -2.24. The largest absolute Gasteiger partial charge is 0.491 e. The monoisotopic (exact) mass is 354 g/mol. The Labute approximate surface area is 154 Å². The molecule has 5 heteroatoms. The SMILES string of the molecule is CCCCNC(=O)c1cccc(NC(=O)c2ccc(OC(C)C)cc2)c1. The molecule has 0 bridgehead atoms. The van der Waals surface area contributed by atoms with Crippen LogP contribution in [0.5, 0.6) is 5.75 Å². The summed E-state index contributed by atoms with van der Waals surface area (Å²) < 4.78 is 5.57. The van der Waals surface area contributed by atoms with Crippen LogP contribution in [0.1, 0.15) is 54.3 Å². The van der Waals surface area contributed by atoms with Gasteiger partial charge in [-0.05, 0) is 62.7 Å². The quantitative estimate of drug-likeness (QED) is 0.696. The van der Waals surface area contributed by atoms with Gasteiger partial charge in [-0.1, -0.05) is 19.4 Å². The highest BCUT2D eigenvalue weighted by Gasteiger charge is 2.09. The van der Waals surface area contributed by atoms with Crippen LogP contribution in [-0.2, 0) is 0 Å². The number of ether oxygens (including phenoxy) is 1. The van der Waals surface area contributed by atoms with Gasteiger partial charge in [-0.15, -0.1) is 0 Å². The predicted molar refractivity (Wildman–Crippen MR) is 104 cm³/mol. The van der Waals surface area contributed by atoms with Crippen molar-refractivity contribution in [3.05, 3.63) is 59.7 Å².